The first kappa shape index (κ1) is 28.6. The van der Waals surface area contributed by atoms with Crippen LogP contribution >= 0.6 is 0 Å². The van der Waals surface area contributed by atoms with Gasteiger partial charge in [-0.05, 0) is 37.5 Å². The van der Waals surface area contributed by atoms with Gasteiger partial charge in [-0.3, -0.25) is 9.59 Å². The maximum Gasteiger partial charge on any atom is 0.251 e. The molecule has 0 spiro atoms. The molecule has 0 aromatic rings. The second kappa shape index (κ2) is 17.3. The molecule has 0 aromatic carbocycles. The smallest absolute Gasteiger partial charge is 0.251 e. The summed E-state index contributed by atoms with van der Waals surface area (Å²) in [5, 5.41) is 15.3. The van der Waals surface area contributed by atoms with Crippen molar-refractivity contribution < 1.29 is 14.6 Å². The van der Waals surface area contributed by atoms with Crippen molar-refractivity contribution in [1.29, 1.82) is 0 Å². The number of hydrogen-bond acceptors (Lipinski definition) is 5. The molecule has 2 atom stereocenters. The first-order valence-electron chi connectivity index (χ1n) is 11.5. The van der Waals surface area contributed by atoms with Gasteiger partial charge in [0, 0.05) is 19.5 Å². The number of unbranched alkanes of at least 4 members (excludes halogenated alkanes) is 1. The van der Waals surface area contributed by atoms with Gasteiger partial charge in [-0.25, -0.2) is 15.1 Å². The fourth-order valence-electron chi connectivity index (χ4n) is 3.15. The minimum absolute atomic E-state index is 0.128. The summed E-state index contributed by atoms with van der Waals surface area (Å²) >= 11 is 0. The van der Waals surface area contributed by atoms with Gasteiger partial charge < -0.3 is 16.4 Å². The molecular formula is C21H42N6O4. The zero-order valence-corrected chi connectivity index (χ0v) is 19.6. The third kappa shape index (κ3) is 16.0. The Morgan fingerprint density at radius 2 is 1.81 bits per heavy atom. The second-order valence-corrected chi connectivity index (χ2v) is 8.33. The average molecular weight is 443 g/mol. The van der Waals surface area contributed by atoms with Crippen LogP contribution in [0.4, 0.5) is 0 Å². The Balaban J connectivity index is 4.72. The summed E-state index contributed by atoms with van der Waals surface area (Å²) in [6.07, 6.45) is 7.38. The minimum Gasteiger partial charge on any atom is -0.365 e. The topological polar surface area (TPSA) is 152 Å². The molecule has 0 aliphatic heterocycles. The Kier molecular flexibility index (Phi) is 16.0. The molecule has 1 unspecified atom stereocenters. The normalized spacial score (nSPS) is 13.5. The molecular weight excluding hydrogens is 400 g/mol. The van der Waals surface area contributed by atoms with Crippen LogP contribution in [-0.2, 0) is 9.59 Å². The van der Waals surface area contributed by atoms with Gasteiger partial charge in [-0.1, -0.05) is 58.8 Å². The van der Waals surface area contributed by atoms with E-state index in [9.17, 15) is 19.7 Å². The standard InChI is InChI=1S/C21H42N6O4/c1-5-7-9-17(6-2)11-12-19(28)25-18(20(29)23-15-13-16(3)4)10-8-14-24-21(22)26-27(30)31/h16-18H,5-15H2,1-4H3,(H,23,29)(H,25,28)(H3,22,24,26)/t17?,18-/m0/s1. The molecule has 0 fully saturated rings. The molecule has 31 heavy (non-hydrogen) atoms. The molecule has 0 aliphatic carbocycles. The van der Waals surface area contributed by atoms with Crippen molar-refractivity contribution in [2.45, 2.75) is 91.5 Å². The van der Waals surface area contributed by atoms with E-state index in [0.717, 1.165) is 38.5 Å². The number of carbonyl (C=O) groups is 2. The third-order valence-electron chi connectivity index (χ3n) is 5.13. The molecule has 0 saturated carbocycles. The van der Waals surface area contributed by atoms with Crippen LogP contribution in [0.5, 0.6) is 0 Å². The van der Waals surface area contributed by atoms with Crippen molar-refractivity contribution in [2.75, 3.05) is 13.1 Å². The van der Waals surface area contributed by atoms with Crippen LogP contribution in [0.2, 0.25) is 0 Å². The van der Waals surface area contributed by atoms with Crippen LogP contribution in [0, 0.1) is 22.0 Å². The van der Waals surface area contributed by atoms with Crippen molar-refractivity contribution in [3.05, 3.63) is 10.1 Å². The van der Waals surface area contributed by atoms with Crippen LogP contribution in [0.1, 0.15) is 85.5 Å². The predicted molar refractivity (Wildman–Crippen MR) is 123 cm³/mol. The van der Waals surface area contributed by atoms with E-state index in [1.54, 1.807) is 5.43 Å². The summed E-state index contributed by atoms with van der Waals surface area (Å²) in [5.74, 6) is 0.360. The zero-order chi connectivity index (χ0) is 23.6. The highest BCUT2D eigenvalue weighted by atomic mass is 16.7. The van der Waals surface area contributed by atoms with Gasteiger partial charge in [-0.2, -0.15) is 0 Å². The number of amides is 2. The monoisotopic (exact) mass is 442 g/mol. The van der Waals surface area contributed by atoms with Crippen molar-refractivity contribution in [2.24, 2.45) is 22.6 Å². The SMILES string of the molecule is CCCCC(CC)CCC(=O)N[C@@H](CCCN=C(N)N[N+](=O)[O-])C(=O)NCCC(C)C. The number of nitro groups is 1. The lowest BCUT2D eigenvalue weighted by molar-refractivity contribution is -0.525. The molecule has 0 aromatic heterocycles. The number of hydrogen-bond donors (Lipinski definition) is 4. The molecule has 0 heterocycles. The van der Waals surface area contributed by atoms with Crippen molar-refractivity contribution in [3.8, 4) is 0 Å². The van der Waals surface area contributed by atoms with Gasteiger partial charge in [0.05, 0.1) is 0 Å². The molecule has 2 amide bonds. The number of rotatable bonds is 17. The molecule has 10 heteroatoms. The molecule has 0 rings (SSSR count). The van der Waals surface area contributed by atoms with Crippen molar-refractivity contribution in [3.63, 3.8) is 0 Å². The van der Waals surface area contributed by atoms with Gasteiger partial charge in [0.25, 0.3) is 5.96 Å². The average Bonchev–Trinajstić information content (AvgIpc) is 2.69. The van der Waals surface area contributed by atoms with E-state index >= 15 is 0 Å². The fraction of sp³-hybridized carbons (Fsp3) is 0.857. The van der Waals surface area contributed by atoms with Crippen LogP contribution < -0.4 is 21.8 Å². The number of hydrazine groups is 1. The maximum atomic E-state index is 12.6. The molecule has 0 saturated heterocycles. The van der Waals surface area contributed by atoms with Gasteiger partial charge in [-0.15, -0.1) is 0 Å². The summed E-state index contributed by atoms with van der Waals surface area (Å²) in [6, 6.07) is -0.657. The Labute approximate surface area is 186 Å². The van der Waals surface area contributed by atoms with E-state index in [1.807, 2.05) is 0 Å². The summed E-state index contributed by atoms with van der Waals surface area (Å²) < 4.78 is 0. The predicted octanol–water partition coefficient (Wildman–Crippen LogP) is 2.51. The van der Waals surface area contributed by atoms with Gasteiger partial charge >= 0.3 is 0 Å². The second-order valence-electron chi connectivity index (χ2n) is 8.33. The fourth-order valence-corrected chi connectivity index (χ4v) is 3.15. The van der Waals surface area contributed by atoms with Crippen molar-refractivity contribution >= 4 is 17.8 Å². The summed E-state index contributed by atoms with van der Waals surface area (Å²) in [6.45, 7) is 9.23. The number of nitrogens with two attached hydrogens (primary N) is 1. The van der Waals surface area contributed by atoms with Crippen LogP contribution in [0.3, 0.4) is 0 Å². The van der Waals surface area contributed by atoms with Crippen LogP contribution in [0.25, 0.3) is 0 Å². The first-order chi connectivity index (χ1) is 14.7. The minimum atomic E-state index is -0.784. The van der Waals surface area contributed by atoms with E-state index in [2.05, 4.69) is 43.3 Å². The number of carbonyl (C=O) groups excluding carboxylic acids is 2. The van der Waals surface area contributed by atoms with Gasteiger partial charge in [0.15, 0.2) is 5.03 Å². The highest BCUT2D eigenvalue weighted by molar-refractivity contribution is 5.87. The summed E-state index contributed by atoms with van der Waals surface area (Å²) in [5.41, 5.74) is 7.16. The Morgan fingerprint density at radius 3 is 2.39 bits per heavy atom. The van der Waals surface area contributed by atoms with Gasteiger partial charge in [0.2, 0.25) is 11.8 Å². The molecule has 5 N–H and O–H groups in total. The maximum absolute atomic E-state index is 12.6. The third-order valence-corrected chi connectivity index (χ3v) is 5.13. The quantitative estimate of drug-likeness (QED) is 0.0893. The molecule has 0 aliphatic rings. The Morgan fingerprint density at radius 1 is 1.10 bits per heavy atom. The van der Waals surface area contributed by atoms with E-state index in [4.69, 9.17) is 5.73 Å². The Hall–Kier alpha value is -2.39. The van der Waals surface area contributed by atoms with E-state index in [0.29, 0.717) is 37.6 Å². The highest BCUT2D eigenvalue weighted by Crippen LogP contribution is 2.18. The lowest BCUT2D eigenvalue weighted by Crippen LogP contribution is -2.47. The molecule has 0 bridgehead atoms. The summed E-state index contributed by atoms with van der Waals surface area (Å²) in [4.78, 5) is 39.2. The lowest BCUT2D eigenvalue weighted by atomic mass is 9.94. The number of guanidine groups is 1. The first-order valence-corrected chi connectivity index (χ1v) is 11.5. The molecule has 0 radical (unpaired) electrons. The number of nitrogens with zero attached hydrogens (tertiary/aromatic N) is 2. The van der Waals surface area contributed by atoms with Crippen LogP contribution in [-0.4, -0.2) is 41.9 Å². The number of aliphatic imine (C=N–C) groups is 1. The highest BCUT2D eigenvalue weighted by Gasteiger charge is 2.20. The summed E-state index contributed by atoms with van der Waals surface area (Å²) in [7, 11) is 0. The molecule has 180 valence electrons. The zero-order valence-electron chi connectivity index (χ0n) is 19.6. The van der Waals surface area contributed by atoms with Crippen molar-refractivity contribution in [1.82, 2.24) is 16.1 Å². The lowest BCUT2D eigenvalue weighted by Gasteiger charge is -2.20. The number of nitrogens with one attached hydrogen (secondary N) is 3. The largest absolute Gasteiger partial charge is 0.365 e. The van der Waals surface area contributed by atoms with Crippen LogP contribution in [0.15, 0.2) is 4.99 Å². The molecule has 10 nitrogen and oxygen atoms in total. The van der Waals surface area contributed by atoms with Gasteiger partial charge in [0.1, 0.15) is 6.04 Å². The van der Waals surface area contributed by atoms with E-state index in [1.165, 1.54) is 0 Å². The van der Waals surface area contributed by atoms with E-state index < -0.39 is 11.1 Å². The Bertz CT molecular complexity index is 568. The van der Waals surface area contributed by atoms with E-state index in [-0.39, 0.29) is 24.3 Å².